The van der Waals surface area contributed by atoms with Crippen LogP contribution in [-0.4, -0.2) is 50.3 Å². The van der Waals surface area contributed by atoms with Gasteiger partial charge in [-0.2, -0.15) is 0 Å². The minimum Gasteiger partial charge on any atom is -0.466 e. The Morgan fingerprint density at radius 1 is 0.912 bits per heavy atom. The van der Waals surface area contributed by atoms with Crippen LogP contribution in [0.1, 0.15) is 60.3 Å². The number of rotatable bonds is 5. The fourth-order valence-electron chi connectivity index (χ4n) is 3.56. The van der Waals surface area contributed by atoms with Gasteiger partial charge >= 0.3 is 23.9 Å². The molecule has 0 aromatic rings. The number of ether oxygens (including phenoxy) is 4. The van der Waals surface area contributed by atoms with Gasteiger partial charge in [0.15, 0.2) is 0 Å². The first kappa shape index (κ1) is 28.9. The van der Waals surface area contributed by atoms with Crippen LogP contribution in [0.2, 0.25) is 0 Å². The van der Waals surface area contributed by atoms with Crippen LogP contribution < -0.4 is 0 Å². The lowest BCUT2D eigenvalue weighted by Crippen LogP contribution is -2.26. The Hall–Kier alpha value is -3.16. The smallest absolute Gasteiger partial charge is 0.337 e. The van der Waals surface area contributed by atoms with E-state index in [1.54, 1.807) is 12.2 Å². The maximum atomic E-state index is 12.6. The van der Waals surface area contributed by atoms with E-state index < -0.39 is 36.1 Å². The molecule has 2 atom stereocenters. The Kier molecular flexibility index (Phi) is 12.0. The SMILES string of the molecule is COC(=O)/C1=C\[C@H](OC(C)=O)C/C(C)=C/C=C(/C(C)C)C[C@H](OC(C)=O)/C(C(=O)OC)=C/CC1. The highest BCUT2D eigenvalue weighted by Crippen LogP contribution is 2.26. The molecule has 0 aromatic carbocycles. The average molecular weight is 477 g/mol. The monoisotopic (exact) mass is 476 g/mol. The largest absolute Gasteiger partial charge is 0.466 e. The van der Waals surface area contributed by atoms with E-state index in [9.17, 15) is 19.2 Å². The van der Waals surface area contributed by atoms with Gasteiger partial charge in [-0.05, 0) is 31.8 Å². The lowest BCUT2D eigenvalue weighted by atomic mass is 9.91. The molecule has 0 heterocycles. The van der Waals surface area contributed by atoms with Gasteiger partial charge in [0.25, 0.3) is 0 Å². The molecule has 34 heavy (non-hydrogen) atoms. The summed E-state index contributed by atoms with van der Waals surface area (Å²) in [5.74, 6) is -2.04. The summed E-state index contributed by atoms with van der Waals surface area (Å²) in [5.41, 5.74) is 2.38. The van der Waals surface area contributed by atoms with Crippen molar-refractivity contribution in [2.45, 2.75) is 72.5 Å². The van der Waals surface area contributed by atoms with Gasteiger partial charge in [0.05, 0.1) is 19.8 Å². The summed E-state index contributed by atoms with van der Waals surface area (Å²) in [6.07, 6.45) is 6.70. The topological polar surface area (TPSA) is 105 Å². The maximum absolute atomic E-state index is 12.6. The van der Waals surface area contributed by atoms with E-state index in [4.69, 9.17) is 18.9 Å². The van der Waals surface area contributed by atoms with Crippen LogP contribution in [0.4, 0.5) is 0 Å². The molecule has 1 aliphatic rings. The third-order valence-corrected chi connectivity index (χ3v) is 5.27. The Labute approximate surface area is 201 Å². The van der Waals surface area contributed by atoms with Crippen molar-refractivity contribution in [2.75, 3.05) is 14.2 Å². The molecule has 0 bridgehead atoms. The summed E-state index contributed by atoms with van der Waals surface area (Å²) < 4.78 is 20.8. The van der Waals surface area contributed by atoms with E-state index in [0.29, 0.717) is 18.4 Å². The molecule has 0 aliphatic heterocycles. The first-order valence-electron chi connectivity index (χ1n) is 11.3. The van der Waals surface area contributed by atoms with Crippen molar-refractivity contribution >= 4 is 23.9 Å². The van der Waals surface area contributed by atoms with E-state index >= 15 is 0 Å². The summed E-state index contributed by atoms with van der Waals surface area (Å²) in [6, 6.07) is 0. The zero-order valence-electron chi connectivity index (χ0n) is 21.1. The molecule has 0 saturated carbocycles. The fraction of sp³-hybridized carbons (Fsp3) is 0.538. The van der Waals surface area contributed by atoms with Crippen LogP contribution in [0.3, 0.4) is 0 Å². The summed E-state index contributed by atoms with van der Waals surface area (Å²) in [6.45, 7) is 8.52. The van der Waals surface area contributed by atoms with Crippen molar-refractivity contribution in [1.29, 1.82) is 0 Å². The summed E-state index contributed by atoms with van der Waals surface area (Å²) >= 11 is 0. The molecule has 8 nitrogen and oxygen atoms in total. The van der Waals surface area contributed by atoms with E-state index in [1.807, 2.05) is 32.9 Å². The second kappa shape index (κ2) is 14.2. The highest BCUT2D eigenvalue weighted by molar-refractivity contribution is 5.90. The van der Waals surface area contributed by atoms with Gasteiger partial charge in [0.2, 0.25) is 0 Å². The molecule has 0 saturated heterocycles. The van der Waals surface area contributed by atoms with Crippen molar-refractivity contribution in [1.82, 2.24) is 0 Å². The van der Waals surface area contributed by atoms with Crippen LogP contribution in [-0.2, 0) is 38.1 Å². The van der Waals surface area contributed by atoms with Crippen LogP contribution in [0.15, 0.2) is 46.6 Å². The second-order valence-corrected chi connectivity index (χ2v) is 8.44. The molecule has 0 fully saturated rings. The molecule has 1 rings (SSSR count). The highest BCUT2D eigenvalue weighted by Gasteiger charge is 2.27. The molecule has 0 radical (unpaired) electrons. The van der Waals surface area contributed by atoms with Gasteiger partial charge in [-0.15, -0.1) is 0 Å². The van der Waals surface area contributed by atoms with Gasteiger partial charge in [-0.3, -0.25) is 9.59 Å². The predicted molar refractivity (Wildman–Crippen MR) is 126 cm³/mol. The minimum absolute atomic E-state index is 0.115. The molecule has 0 N–H and O–H groups in total. The Balaban J connectivity index is 3.65. The fourth-order valence-corrected chi connectivity index (χ4v) is 3.56. The Morgan fingerprint density at radius 3 is 2.06 bits per heavy atom. The molecule has 1 aliphatic carbocycles. The average Bonchev–Trinajstić information content (AvgIpc) is 2.75. The predicted octanol–water partition coefficient (Wildman–Crippen LogP) is 4.15. The quantitative estimate of drug-likeness (QED) is 0.430. The third-order valence-electron chi connectivity index (χ3n) is 5.27. The summed E-state index contributed by atoms with van der Waals surface area (Å²) in [7, 11) is 2.53. The molecule has 188 valence electrons. The van der Waals surface area contributed by atoms with E-state index in [2.05, 4.69) is 0 Å². The van der Waals surface area contributed by atoms with E-state index in [0.717, 1.165) is 11.1 Å². The van der Waals surface area contributed by atoms with Crippen molar-refractivity contribution < 1.29 is 38.1 Å². The lowest BCUT2D eigenvalue weighted by Gasteiger charge is -2.23. The summed E-state index contributed by atoms with van der Waals surface area (Å²) in [5, 5.41) is 0. The number of methoxy groups -OCH3 is 2. The van der Waals surface area contributed by atoms with Gasteiger partial charge in [0, 0.05) is 32.3 Å². The number of carbonyl (C=O) groups is 4. The van der Waals surface area contributed by atoms with Crippen molar-refractivity contribution in [3.8, 4) is 0 Å². The molecule has 0 spiro atoms. The van der Waals surface area contributed by atoms with Gasteiger partial charge in [-0.1, -0.05) is 43.2 Å². The molecule has 0 aromatic heterocycles. The zero-order valence-corrected chi connectivity index (χ0v) is 21.1. The summed E-state index contributed by atoms with van der Waals surface area (Å²) in [4.78, 5) is 48.5. The molecular formula is C26H36O8. The molecule has 8 heteroatoms. The molecule has 0 unspecified atom stereocenters. The van der Waals surface area contributed by atoms with Crippen molar-refractivity contribution in [3.05, 3.63) is 46.6 Å². The number of hydrogen-bond acceptors (Lipinski definition) is 8. The van der Waals surface area contributed by atoms with Crippen LogP contribution in [0.5, 0.6) is 0 Å². The number of carbonyl (C=O) groups excluding carboxylic acids is 4. The van der Waals surface area contributed by atoms with Gasteiger partial charge in [0.1, 0.15) is 12.2 Å². The normalized spacial score (nSPS) is 26.1. The van der Waals surface area contributed by atoms with Crippen molar-refractivity contribution in [3.63, 3.8) is 0 Å². The standard InChI is InChI=1S/C26H36O8/c1-16(2)20-12-11-17(3)13-22(33-18(4)27)14-21(25(29)31-6)9-8-10-23(26(30)32-7)24(15-20)34-19(5)28/h10-12,14,16,22,24H,8-9,13,15H2,1-7H3/b17-11+,20-12+,21-14-,23-10-/t22-,24+/m1/s1. The van der Waals surface area contributed by atoms with Crippen LogP contribution in [0.25, 0.3) is 0 Å². The number of esters is 4. The zero-order chi connectivity index (χ0) is 25.8. The van der Waals surface area contributed by atoms with Gasteiger partial charge < -0.3 is 18.9 Å². The molecular weight excluding hydrogens is 440 g/mol. The lowest BCUT2D eigenvalue weighted by molar-refractivity contribution is -0.147. The number of allylic oxidation sites excluding steroid dienone is 3. The van der Waals surface area contributed by atoms with Crippen LogP contribution >= 0.6 is 0 Å². The second-order valence-electron chi connectivity index (χ2n) is 8.44. The van der Waals surface area contributed by atoms with E-state index in [-0.39, 0.29) is 24.3 Å². The number of hydrogen-bond donors (Lipinski definition) is 0. The Morgan fingerprint density at radius 2 is 1.53 bits per heavy atom. The molecule has 0 amide bonds. The minimum atomic E-state index is -0.838. The van der Waals surface area contributed by atoms with Crippen LogP contribution in [0, 0.1) is 5.92 Å². The van der Waals surface area contributed by atoms with Crippen molar-refractivity contribution in [2.24, 2.45) is 5.92 Å². The first-order valence-corrected chi connectivity index (χ1v) is 11.3. The maximum Gasteiger partial charge on any atom is 0.337 e. The highest BCUT2D eigenvalue weighted by atomic mass is 16.6. The first-order chi connectivity index (χ1) is 16.0. The Bertz CT molecular complexity index is 888. The van der Waals surface area contributed by atoms with E-state index in [1.165, 1.54) is 28.1 Å². The third kappa shape index (κ3) is 9.77. The van der Waals surface area contributed by atoms with Gasteiger partial charge in [-0.25, -0.2) is 9.59 Å².